The van der Waals surface area contributed by atoms with Gasteiger partial charge in [0.1, 0.15) is 5.82 Å². The van der Waals surface area contributed by atoms with E-state index in [4.69, 9.17) is 5.73 Å². The van der Waals surface area contributed by atoms with Crippen LogP contribution in [-0.4, -0.2) is 57.8 Å². The standard InChI is InChI=1S/C31H28FN5O/c1-17(2)36-12-14-37(15-13-36)25-11-10-20(23-16-24(23)25)21-4-3-5-22-26(21)29-27(30(22)38)28(34-31(33)35-29)18-6-8-19(32)9-7-18/h3-11,16-17,24H,12-15H2,1-2H3,(H2,33,34,35). The summed E-state index contributed by atoms with van der Waals surface area (Å²) >= 11 is 0. The van der Waals surface area contributed by atoms with Gasteiger partial charge in [0.15, 0.2) is 5.78 Å². The zero-order valence-electron chi connectivity index (χ0n) is 21.4. The smallest absolute Gasteiger partial charge is 0.221 e. The van der Waals surface area contributed by atoms with E-state index in [9.17, 15) is 9.18 Å². The number of fused-ring (bicyclic) bond motifs is 4. The molecule has 1 aromatic heterocycles. The SMILES string of the molecule is CC(C)N1CCN(C2=CC=C(c3cccc4c3-c3nc(N)nc(-c5ccc(F)cc5)c3C4=O)C3=CC32)CC1. The number of nitrogens with two attached hydrogens (primary N) is 1. The van der Waals surface area contributed by atoms with Crippen LogP contribution in [-0.2, 0) is 0 Å². The average Bonchev–Trinajstić information content (AvgIpc) is 3.68. The van der Waals surface area contributed by atoms with Crippen molar-refractivity contribution in [3.8, 4) is 22.5 Å². The maximum atomic E-state index is 13.7. The summed E-state index contributed by atoms with van der Waals surface area (Å²) in [6, 6.07) is 12.3. The average molecular weight is 506 g/mol. The maximum absolute atomic E-state index is 13.7. The number of aromatic nitrogens is 2. The Bertz CT molecular complexity index is 1590. The molecule has 3 aromatic rings. The monoisotopic (exact) mass is 505 g/mol. The molecule has 1 atom stereocenters. The molecule has 0 amide bonds. The van der Waals surface area contributed by atoms with Gasteiger partial charge in [-0.05, 0) is 60.9 Å². The van der Waals surface area contributed by atoms with Gasteiger partial charge in [0.05, 0.1) is 17.0 Å². The van der Waals surface area contributed by atoms with Crippen LogP contribution in [0.2, 0.25) is 0 Å². The number of ketones is 1. The van der Waals surface area contributed by atoms with Gasteiger partial charge >= 0.3 is 0 Å². The normalized spacial score (nSPS) is 20.0. The molecule has 0 radical (unpaired) electrons. The number of nitrogens with zero attached hydrogens (tertiary/aromatic N) is 4. The van der Waals surface area contributed by atoms with Crippen LogP contribution in [0.3, 0.4) is 0 Å². The molecule has 3 aliphatic carbocycles. The molecule has 4 aliphatic rings. The van der Waals surface area contributed by atoms with Gasteiger partial charge in [-0.25, -0.2) is 14.4 Å². The summed E-state index contributed by atoms with van der Waals surface area (Å²) in [7, 11) is 0. The molecule has 1 fully saturated rings. The fourth-order valence-corrected chi connectivity index (χ4v) is 6.09. The molecule has 6 nitrogen and oxygen atoms in total. The highest BCUT2D eigenvalue weighted by atomic mass is 19.1. The van der Waals surface area contributed by atoms with Crippen LogP contribution in [0.25, 0.3) is 28.1 Å². The number of anilines is 1. The third-order valence-corrected chi connectivity index (χ3v) is 8.14. The van der Waals surface area contributed by atoms with E-state index in [0.29, 0.717) is 40.0 Å². The Morgan fingerprint density at radius 2 is 1.63 bits per heavy atom. The Labute approximate surface area is 221 Å². The van der Waals surface area contributed by atoms with Crippen molar-refractivity contribution in [3.63, 3.8) is 0 Å². The number of hydrogen-bond donors (Lipinski definition) is 1. The Morgan fingerprint density at radius 1 is 0.921 bits per heavy atom. The molecular weight excluding hydrogens is 477 g/mol. The van der Waals surface area contributed by atoms with Crippen molar-refractivity contribution in [3.05, 3.63) is 94.5 Å². The van der Waals surface area contributed by atoms with E-state index in [1.165, 1.54) is 23.4 Å². The van der Waals surface area contributed by atoms with Crippen LogP contribution in [0.5, 0.6) is 0 Å². The molecule has 0 saturated carbocycles. The zero-order chi connectivity index (χ0) is 26.1. The zero-order valence-corrected chi connectivity index (χ0v) is 21.4. The van der Waals surface area contributed by atoms with Crippen molar-refractivity contribution in [1.29, 1.82) is 0 Å². The Hall–Kier alpha value is -4.10. The first kappa shape index (κ1) is 23.0. The third kappa shape index (κ3) is 3.53. The largest absolute Gasteiger partial charge is 0.371 e. The molecule has 1 unspecified atom stereocenters. The molecule has 0 spiro atoms. The second-order valence-corrected chi connectivity index (χ2v) is 10.6. The molecule has 0 bridgehead atoms. The van der Waals surface area contributed by atoms with Crippen molar-refractivity contribution >= 4 is 17.3 Å². The topological polar surface area (TPSA) is 75.3 Å². The predicted molar refractivity (Wildman–Crippen MR) is 147 cm³/mol. The van der Waals surface area contributed by atoms with E-state index in [-0.39, 0.29) is 17.5 Å². The van der Waals surface area contributed by atoms with E-state index in [1.54, 1.807) is 12.1 Å². The van der Waals surface area contributed by atoms with Crippen molar-refractivity contribution in [2.24, 2.45) is 5.92 Å². The maximum Gasteiger partial charge on any atom is 0.221 e. The second-order valence-electron chi connectivity index (χ2n) is 10.6. The Kier molecular flexibility index (Phi) is 5.13. The number of carbonyl (C=O) groups excluding carboxylic acids is 1. The highest BCUT2D eigenvalue weighted by Gasteiger charge is 2.40. The highest BCUT2D eigenvalue weighted by molar-refractivity contribution is 6.25. The van der Waals surface area contributed by atoms with Gasteiger partial charge in [0.25, 0.3) is 0 Å². The molecule has 190 valence electrons. The van der Waals surface area contributed by atoms with E-state index in [1.807, 2.05) is 12.1 Å². The summed E-state index contributed by atoms with van der Waals surface area (Å²) in [5.74, 6) is -0.0797. The van der Waals surface area contributed by atoms with E-state index in [0.717, 1.165) is 42.9 Å². The van der Waals surface area contributed by atoms with Gasteiger partial charge in [-0.1, -0.05) is 30.4 Å². The molecule has 1 saturated heterocycles. The minimum Gasteiger partial charge on any atom is -0.371 e. The van der Waals surface area contributed by atoms with Crippen LogP contribution in [0.1, 0.15) is 35.3 Å². The summed E-state index contributed by atoms with van der Waals surface area (Å²) in [5.41, 5.74) is 14.3. The molecule has 38 heavy (non-hydrogen) atoms. The van der Waals surface area contributed by atoms with Gasteiger partial charge < -0.3 is 10.6 Å². The lowest BCUT2D eigenvalue weighted by Crippen LogP contribution is -2.48. The first-order valence-electron chi connectivity index (χ1n) is 13.2. The van der Waals surface area contributed by atoms with Crippen LogP contribution in [0.15, 0.2) is 72.0 Å². The van der Waals surface area contributed by atoms with Gasteiger partial charge in [-0.2, -0.15) is 0 Å². The van der Waals surface area contributed by atoms with Gasteiger partial charge in [0, 0.05) is 60.5 Å². The number of allylic oxidation sites excluding steroid dienone is 4. The van der Waals surface area contributed by atoms with Crippen molar-refractivity contribution in [2.75, 3.05) is 31.9 Å². The number of rotatable bonds is 4. The van der Waals surface area contributed by atoms with Crippen LogP contribution < -0.4 is 5.73 Å². The minimum atomic E-state index is -0.352. The molecule has 1 aliphatic heterocycles. The number of piperazine rings is 1. The molecular formula is C31H28FN5O. The van der Waals surface area contributed by atoms with Gasteiger partial charge in [-0.15, -0.1) is 0 Å². The van der Waals surface area contributed by atoms with Crippen LogP contribution in [0, 0.1) is 11.7 Å². The first-order chi connectivity index (χ1) is 18.4. The number of hydrogen-bond acceptors (Lipinski definition) is 6. The lowest BCUT2D eigenvalue weighted by molar-refractivity contribution is 0.104. The van der Waals surface area contributed by atoms with Crippen molar-refractivity contribution in [2.45, 2.75) is 19.9 Å². The molecule has 2 heterocycles. The predicted octanol–water partition coefficient (Wildman–Crippen LogP) is 4.94. The lowest BCUT2D eigenvalue weighted by Gasteiger charge is -2.40. The quantitative estimate of drug-likeness (QED) is 0.424. The lowest BCUT2D eigenvalue weighted by atomic mass is 9.90. The Morgan fingerprint density at radius 3 is 2.37 bits per heavy atom. The van der Waals surface area contributed by atoms with Gasteiger partial charge in [-0.3, -0.25) is 9.69 Å². The van der Waals surface area contributed by atoms with Crippen LogP contribution >= 0.6 is 0 Å². The summed E-state index contributed by atoms with van der Waals surface area (Å²) in [4.78, 5) is 27.7. The number of benzene rings is 2. The van der Waals surface area contributed by atoms with E-state index < -0.39 is 0 Å². The van der Waals surface area contributed by atoms with E-state index in [2.05, 4.69) is 57.9 Å². The number of carbonyl (C=O) groups is 1. The molecule has 2 aromatic carbocycles. The van der Waals surface area contributed by atoms with E-state index >= 15 is 0 Å². The third-order valence-electron chi connectivity index (χ3n) is 8.14. The van der Waals surface area contributed by atoms with Crippen molar-refractivity contribution in [1.82, 2.24) is 19.8 Å². The molecule has 2 N–H and O–H groups in total. The van der Waals surface area contributed by atoms with Crippen LogP contribution in [0.4, 0.5) is 10.3 Å². The molecule has 7 rings (SSSR count). The summed E-state index contributed by atoms with van der Waals surface area (Å²) in [6.45, 7) is 8.75. The number of halogens is 1. The summed E-state index contributed by atoms with van der Waals surface area (Å²) in [6.07, 6.45) is 6.74. The molecule has 7 heteroatoms. The first-order valence-corrected chi connectivity index (χ1v) is 13.2. The minimum absolute atomic E-state index is 0.0855. The second kappa shape index (κ2) is 8.46. The van der Waals surface area contributed by atoms with Crippen molar-refractivity contribution < 1.29 is 9.18 Å². The fraction of sp³-hybridized carbons (Fsp3) is 0.258. The number of nitrogen functional groups attached to an aromatic ring is 1. The summed E-state index contributed by atoms with van der Waals surface area (Å²) in [5, 5.41) is 0. The fourth-order valence-electron chi connectivity index (χ4n) is 6.09. The highest BCUT2D eigenvalue weighted by Crippen LogP contribution is 2.52. The van der Waals surface area contributed by atoms with Gasteiger partial charge in [0.2, 0.25) is 5.95 Å². The Balaban J connectivity index is 1.29. The summed E-state index contributed by atoms with van der Waals surface area (Å²) < 4.78 is 13.6.